The number of aliphatic hydroxyl groups is 1. The molecule has 2 fully saturated rings. The molecule has 0 radical (unpaired) electrons. The molecular weight excluding hydrogens is 371 g/mol. The molecule has 0 aromatic heterocycles. The minimum absolute atomic E-state index is 0.0798. The standard InChI is InChI=1S/C19H27IO/c1-18-9-7-13(21)11-12(18)3-4-14-15-5-6-17(20)19(15,2)10-8-16(14)18/h3,6,13-16,21H,4-5,7-11H2,1-2H3/t13-,14-,15?,16-,18-,19-/m0/s1. The third kappa shape index (κ3) is 1.97. The number of hydrogen-bond acceptors (Lipinski definition) is 1. The zero-order valence-corrected chi connectivity index (χ0v) is 15.4. The van der Waals surface area contributed by atoms with Crippen molar-refractivity contribution in [2.75, 3.05) is 0 Å². The Morgan fingerprint density at radius 3 is 2.62 bits per heavy atom. The predicted molar refractivity (Wildman–Crippen MR) is 95.2 cm³/mol. The summed E-state index contributed by atoms with van der Waals surface area (Å²) in [6.45, 7) is 5.03. The van der Waals surface area contributed by atoms with Gasteiger partial charge in [0.1, 0.15) is 0 Å². The molecule has 4 aliphatic rings. The smallest absolute Gasteiger partial charge is 0.0577 e. The molecule has 0 bridgehead atoms. The second-order valence-corrected chi connectivity index (χ2v) is 9.56. The third-order valence-corrected chi connectivity index (χ3v) is 9.24. The van der Waals surface area contributed by atoms with E-state index in [-0.39, 0.29) is 6.10 Å². The van der Waals surface area contributed by atoms with Crippen LogP contribution >= 0.6 is 22.6 Å². The lowest BCUT2D eigenvalue weighted by Gasteiger charge is -2.57. The van der Waals surface area contributed by atoms with Gasteiger partial charge in [-0.05, 0) is 94.3 Å². The van der Waals surface area contributed by atoms with Gasteiger partial charge >= 0.3 is 0 Å². The summed E-state index contributed by atoms with van der Waals surface area (Å²) in [5.41, 5.74) is 2.45. The Balaban J connectivity index is 1.68. The molecule has 1 nitrogen and oxygen atoms in total. The Kier molecular flexibility index (Phi) is 3.39. The second kappa shape index (κ2) is 4.83. The van der Waals surface area contributed by atoms with E-state index < -0.39 is 0 Å². The Morgan fingerprint density at radius 2 is 1.81 bits per heavy atom. The molecule has 6 atom stereocenters. The van der Waals surface area contributed by atoms with Crippen LogP contribution in [-0.4, -0.2) is 11.2 Å². The Morgan fingerprint density at radius 1 is 1.05 bits per heavy atom. The molecule has 1 unspecified atom stereocenters. The van der Waals surface area contributed by atoms with Crippen LogP contribution in [0.2, 0.25) is 0 Å². The summed E-state index contributed by atoms with van der Waals surface area (Å²) in [5, 5.41) is 10.0. The van der Waals surface area contributed by atoms with E-state index in [4.69, 9.17) is 0 Å². The summed E-state index contributed by atoms with van der Waals surface area (Å²) in [4.78, 5) is 0. The second-order valence-electron chi connectivity index (χ2n) is 8.40. The van der Waals surface area contributed by atoms with Crippen molar-refractivity contribution >= 4 is 22.6 Å². The van der Waals surface area contributed by atoms with Gasteiger partial charge in [-0.3, -0.25) is 0 Å². The van der Waals surface area contributed by atoms with E-state index in [9.17, 15) is 5.11 Å². The molecule has 4 aliphatic carbocycles. The van der Waals surface area contributed by atoms with Crippen molar-refractivity contribution in [1.82, 2.24) is 0 Å². The Bertz CT molecular complexity index is 522. The maximum absolute atomic E-state index is 10.0. The van der Waals surface area contributed by atoms with Crippen LogP contribution in [-0.2, 0) is 0 Å². The lowest BCUT2D eigenvalue weighted by Crippen LogP contribution is -2.49. The van der Waals surface area contributed by atoms with Crippen LogP contribution in [0.5, 0.6) is 0 Å². The maximum Gasteiger partial charge on any atom is 0.0577 e. The number of fused-ring (bicyclic) bond motifs is 5. The van der Waals surface area contributed by atoms with Crippen molar-refractivity contribution in [3.05, 3.63) is 21.3 Å². The first-order valence-corrected chi connectivity index (χ1v) is 9.77. The van der Waals surface area contributed by atoms with Crippen molar-refractivity contribution in [3.8, 4) is 0 Å². The highest BCUT2D eigenvalue weighted by atomic mass is 127. The largest absolute Gasteiger partial charge is 0.393 e. The first-order chi connectivity index (χ1) is 9.95. The fourth-order valence-electron chi connectivity index (χ4n) is 6.16. The molecule has 0 aliphatic heterocycles. The van der Waals surface area contributed by atoms with E-state index >= 15 is 0 Å². The number of aliphatic hydroxyl groups excluding tert-OH is 1. The number of allylic oxidation sites excluding steroid dienone is 3. The molecule has 21 heavy (non-hydrogen) atoms. The summed E-state index contributed by atoms with van der Waals surface area (Å²) in [6.07, 6.45) is 13.4. The minimum Gasteiger partial charge on any atom is -0.393 e. The van der Waals surface area contributed by atoms with E-state index in [2.05, 4.69) is 48.6 Å². The van der Waals surface area contributed by atoms with E-state index in [1.165, 1.54) is 32.1 Å². The van der Waals surface area contributed by atoms with Gasteiger partial charge in [-0.15, -0.1) is 0 Å². The van der Waals surface area contributed by atoms with Gasteiger partial charge < -0.3 is 5.11 Å². The van der Waals surface area contributed by atoms with E-state index in [0.717, 1.165) is 30.6 Å². The normalized spacial score (nSPS) is 52.4. The average molecular weight is 398 g/mol. The highest BCUT2D eigenvalue weighted by Crippen LogP contribution is 2.65. The Labute approximate surface area is 142 Å². The topological polar surface area (TPSA) is 20.2 Å². The van der Waals surface area contributed by atoms with E-state index in [1.54, 1.807) is 9.15 Å². The lowest BCUT2D eigenvalue weighted by atomic mass is 9.48. The number of halogens is 1. The van der Waals surface area contributed by atoms with Gasteiger partial charge in [0.15, 0.2) is 0 Å². The summed E-state index contributed by atoms with van der Waals surface area (Å²) < 4.78 is 1.63. The van der Waals surface area contributed by atoms with Crippen molar-refractivity contribution in [2.45, 2.75) is 64.9 Å². The fraction of sp³-hybridized carbons (Fsp3) is 0.789. The van der Waals surface area contributed by atoms with E-state index in [0.29, 0.717) is 10.8 Å². The molecule has 2 heteroatoms. The van der Waals surface area contributed by atoms with Gasteiger partial charge in [0.25, 0.3) is 0 Å². The first kappa shape index (κ1) is 14.7. The molecule has 0 amide bonds. The van der Waals surface area contributed by atoms with Crippen LogP contribution in [0.4, 0.5) is 0 Å². The quantitative estimate of drug-likeness (QED) is 0.437. The van der Waals surface area contributed by atoms with Crippen LogP contribution in [0.1, 0.15) is 58.8 Å². The SMILES string of the molecule is C[C@]12CC[C@H](O)CC1=CC[C@H]1C3CC=C(I)[C@@]3(C)CC[C@@H]12. The summed E-state index contributed by atoms with van der Waals surface area (Å²) >= 11 is 2.60. The lowest BCUT2D eigenvalue weighted by molar-refractivity contribution is -0.0268. The van der Waals surface area contributed by atoms with Crippen LogP contribution in [0.25, 0.3) is 0 Å². The molecule has 0 aromatic carbocycles. The fourth-order valence-corrected chi connectivity index (χ4v) is 7.08. The molecule has 0 heterocycles. The van der Waals surface area contributed by atoms with Gasteiger partial charge in [-0.25, -0.2) is 0 Å². The van der Waals surface area contributed by atoms with Crippen molar-refractivity contribution < 1.29 is 5.11 Å². The van der Waals surface area contributed by atoms with Gasteiger partial charge in [0.2, 0.25) is 0 Å². The molecule has 0 aromatic rings. The molecule has 1 N–H and O–H groups in total. The average Bonchev–Trinajstić information content (AvgIpc) is 2.76. The van der Waals surface area contributed by atoms with Gasteiger partial charge in [0, 0.05) is 5.41 Å². The molecule has 4 rings (SSSR count). The van der Waals surface area contributed by atoms with Crippen molar-refractivity contribution in [2.24, 2.45) is 28.6 Å². The van der Waals surface area contributed by atoms with Gasteiger partial charge in [0.05, 0.1) is 6.10 Å². The van der Waals surface area contributed by atoms with Gasteiger partial charge in [-0.2, -0.15) is 0 Å². The first-order valence-electron chi connectivity index (χ1n) is 8.69. The number of rotatable bonds is 0. The molecular formula is C19H27IO. The molecule has 0 saturated heterocycles. The highest BCUT2D eigenvalue weighted by molar-refractivity contribution is 14.1. The van der Waals surface area contributed by atoms with Crippen LogP contribution in [0.15, 0.2) is 21.3 Å². The highest BCUT2D eigenvalue weighted by Gasteiger charge is 2.56. The van der Waals surface area contributed by atoms with Crippen molar-refractivity contribution in [3.63, 3.8) is 0 Å². The van der Waals surface area contributed by atoms with Crippen LogP contribution < -0.4 is 0 Å². The summed E-state index contributed by atoms with van der Waals surface area (Å²) in [7, 11) is 0. The number of hydrogen-bond donors (Lipinski definition) is 1. The zero-order chi connectivity index (χ0) is 14.8. The molecule has 116 valence electrons. The molecule has 2 saturated carbocycles. The summed E-state index contributed by atoms with van der Waals surface area (Å²) in [6, 6.07) is 0. The van der Waals surface area contributed by atoms with Gasteiger partial charge in [-0.1, -0.05) is 31.6 Å². The monoisotopic (exact) mass is 398 g/mol. The molecule has 0 spiro atoms. The van der Waals surface area contributed by atoms with Crippen molar-refractivity contribution in [1.29, 1.82) is 0 Å². The maximum atomic E-state index is 10.0. The summed E-state index contributed by atoms with van der Waals surface area (Å²) in [5.74, 6) is 2.60. The van der Waals surface area contributed by atoms with Crippen LogP contribution in [0, 0.1) is 28.6 Å². The zero-order valence-electron chi connectivity index (χ0n) is 13.2. The van der Waals surface area contributed by atoms with E-state index in [1.807, 2.05) is 0 Å². The predicted octanol–water partition coefficient (Wildman–Crippen LogP) is 5.24. The van der Waals surface area contributed by atoms with Crippen LogP contribution in [0.3, 0.4) is 0 Å². The Hall–Kier alpha value is 0.170. The minimum atomic E-state index is -0.0798. The third-order valence-electron chi connectivity index (χ3n) is 7.56.